The number of rotatable bonds is 2. The summed E-state index contributed by atoms with van der Waals surface area (Å²) in [6.45, 7) is 0. The lowest BCUT2D eigenvalue weighted by molar-refractivity contribution is -0.136. The van der Waals surface area contributed by atoms with Gasteiger partial charge in [-0.15, -0.1) is 0 Å². The molecule has 3 nitrogen and oxygen atoms in total. The number of imidazole rings is 1. The molecular weight excluding hydrogens is 281 g/mol. The van der Waals surface area contributed by atoms with E-state index in [-0.39, 0.29) is 5.65 Å². The van der Waals surface area contributed by atoms with Gasteiger partial charge in [-0.25, -0.2) is 4.98 Å². The van der Waals surface area contributed by atoms with Crippen molar-refractivity contribution in [3.63, 3.8) is 0 Å². The van der Waals surface area contributed by atoms with Crippen LogP contribution in [-0.4, -0.2) is 9.38 Å². The zero-order chi connectivity index (χ0) is 14.6. The Kier molecular flexibility index (Phi) is 2.46. The predicted octanol–water partition coefficient (Wildman–Crippen LogP) is 4.49. The molecule has 0 aliphatic heterocycles. The molecule has 0 saturated heterocycles. The Hall–Kier alpha value is -2.24. The van der Waals surface area contributed by atoms with E-state index >= 15 is 0 Å². The third-order valence-electron chi connectivity index (χ3n) is 3.79. The fourth-order valence-corrected chi connectivity index (χ4v) is 2.58. The third-order valence-corrected chi connectivity index (χ3v) is 3.79. The standard InChI is InChI=1S/C15H11F3N2O/c16-15(17,18)12-5-11(10-3-4-21-8-10)7-20-13(9-1-2-9)6-19-14(12)20/h3-9H,1-2H2. The number of hydrogen-bond acceptors (Lipinski definition) is 2. The SMILES string of the molecule is FC(F)(F)c1cc(-c2ccoc2)cn2c(C3CC3)cnc12. The first-order valence-electron chi connectivity index (χ1n) is 6.65. The number of pyridine rings is 1. The van der Waals surface area contributed by atoms with Gasteiger partial charge in [0, 0.05) is 35.1 Å². The molecule has 1 fully saturated rings. The molecule has 3 heterocycles. The highest BCUT2D eigenvalue weighted by molar-refractivity contribution is 5.67. The molecule has 0 N–H and O–H groups in total. The van der Waals surface area contributed by atoms with E-state index in [0.29, 0.717) is 17.0 Å². The van der Waals surface area contributed by atoms with Crippen molar-refractivity contribution in [2.24, 2.45) is 0 Å². The minimum atomic E-state index is -4.44. The summed E-state index contributed by atoms with van der Waals surface area (Å²) >= 11 is 0. The third kappa shape index (κ3) is 2.02. The molecule has 21 heavy (non-hydrogen) atoms. The van der Waals surface area contributed by atoms with Crippen LogP contribution in [0.1, 0.15) is 30.0 Å². The van der Waals surface area contributed by atoms with Crippen LogP contribution >= 0.6 is 0 Å². The van der Waals surface area contributed by atoms with Crippen LogP contribution in [0.3, 0.4) is 0 Å². The van der Waals surface area contributed by atoms with Crippen LogP contribution < -0.4 is 0 Å². The van der Waals surface area contributed by atoms with E-state index in [1.165, 1.54) is 12.5 Å². The van der Waals surface area contributed by atoms with Crippen LogP contribution in [0.2, 0.25) is 0 Å². The molecule has 3 aromatic rings. The summed E-state index contributed by atoms with van der Waals surface area (Å²) in [7, 11) is 0. The maximum Gasteiger partial charge on any atom is 0.420 e. The Morgan fingerprint density at radius 1 is 1.24 bits per heavy atom. The highest BCUT2D eigenvalue weighted by Crippen LogP contribution is 2.42. The molecule has 0 spiro atoms. The van der Waals surface area contributed by atoms with Crippen molar-refractivity contribution in [1.29, 1.82) is 0 Å². The topological polar surface area (TPSA) is 30.4 Å². The Morgan fingerprint density at radius 2 is 2.05 bits per heavy atom. The summed E-state index contributed by atoms with van der Waals surface area (Å²) < 4.78 is 46.4. The van der Waals surface area contributed by atoms with Gasteiger partial charge < -0.3 is 8.82 Å². The largest absolute Gasteiger partial charge is 0.472 e. The molecule has 1 saturated carbocycles. The van der Waals surface area contributed by atoms with Gasteiger partial charge in [0.25, 0.3) is 0 Å². The first kappa shape index (κ1) is 12.5. The first-order valence-corrected chi connectivity index (χ1v) is 6.65. The molecule has 0 radical (unpaired) electrons. The molecule has 6 heteroatoms. The summed E-state index contributed by atoms with van der Waals surface area (Å²) in [5, 5.41) is 0. The van der Waals surface area contributed by atoms with Gasteiger partial charge in [0.1, 0.15) is 5.65 Å². The molecule has 3 aromatic heterocycles. The van der Waals surface area contributed by atoms with Gasteiger partial charge in [-0.1, -0.05) is 0 Å². The average Bonchev–Trinajstić information content (AvgIpc) is 2.99. The monoisotopic (exact) mass is 292 g/mol. The second-order valence-electron chi connectivity index (χ2n) is 5.30. The smallest absolute Gasteiger partial charge is 0.420 e. The van der Waals surface area contributed by atoms with Crippen LogP contribution in [0, 0.1) is 0 Å². The van der Waals surface area contributed by atoms with Crippen molar-refractivity contribution < 1.29 is 17.6 Å². The van der Waals surface area contributed by atoms with Gasteiger partial charge in [0.2, 0.25) is 0 Å². The second kappa shape index (κ2) is 4.13. The highest BCUT2D eigenvalue weighted by Gasteiger charge is 2.36. The molecular formula is C15H11F3N2O. The minimum Gasteiger partial charge on any atom is -0.472 e. The number of aromatic nitrogens is 2. The fourth-order valence-electron chi connectivity index (χ4n) is 2.58. The van der Waals surface area contributed by atoms with Crippen molar-refractivity contribution in [3.05, 3.63) is 48.3 Å². The van der Waals surface area contributed by atoms with Crippen LogP contribution in [0.4, 0.5) is 13.2 Å². The van der Waals surface area contributed by atoms with E-state index in [9.17, 15) is 13.2 Å². The first-order chi connectivity index (χ1) is 10.0. The van der Waals surface area contributed by atoms with Gasteiger partial charge in [0.15, 0.2) is 0 Å². The summed E-state index contributed by atoms with van der Waals surface area (Å²) in [6.07, 6.45) is 3.72. The van der Waals surface area contributed by atoms with Crippen LogP contribution in [0.25, 0.3) is 16.8 Å². The second-order valence-corrected chi connectivity index (χ2v) is 5.30. The zero-order valence-electron chi connectivity index (χ0n) is 10.9. The lowest BCUT2D eigenvalue weighted by atomic mass is 10.1. The zero-order valence-corrected chi connectivity index (χ0v) is 10.9. The summed E-state index contributed by atoms with van der Waals surface area (Å²) in [4.78, 5) is 3.99. The summed E-state index contributed by atoms with van der Waals surface area (Å²) in [5.41, 5.74) is 1.20. The quantitative estimate of drug-likeness (QED) is 0.696. The average molecular weight is 292 g/mol. The van der Waals surface area contributed by atoms with E-state index in [1.807, 2.05) is 0 Å². The summed E-state index contributed by atoms with van der Waals surface area (Å²) in [5.74, 6) is 0.320. The molecule has 0 aromatic carbocycles. The number of fused-ring (bicyclic) bond motifs is 1. The van der Waals surface area contributed by atoms with E-state index in [4.69, 9.17) is 4.42 Å². The molecule has 0 atom stereocenters. The normalized spacial score (nSPS) is 15.8. The van der Waals surface area contributed by atoms with E-state index in [0.717, 1.165) is 24.6 Å². The lowest BCUT2D eigenvalue weighted by Crippen LogP contribution is -2.09. The van der Waals surface area contributed by atoms with Gasteiger partial charge >= 0.3 is 6.18 Å². The fraction of sp³-hybridized carbons (Fsp3) is 0.267. The van der Waals surface area contributed by atoms with E-state index < -0.39 is 11.7 Å². The Labute approximate surface area is 118 Å². The van der Waals surface area contributed by atoms with E-state index in [2.05, 4.69) is 4.98 Å². The number of halogens is 3. The van der Waals surface area contributed by atoms with E-state index in [1.54, 1.807) is 22.9 Å². The maximum atomic E-state index is 13.3. The van der Waals surface area contributed by atoms with Crippen molar-refractivity contribution in [2.45, 2.75) is 24.9 Å². The summed E-state index contributed by atoms with van der Waals surface area (Å²) in [6, 6.07) is 2.78. The number of nitrogens with zero attached hydrogens (tertiary/aromatic N) is 2. The molecule has 1 aliphatic rings. The molecule has 0 unspecified atom stereocenters. The van der Waals surface area contributed by atoms with Crippen molar-refractivity contribution >= 4 is 5.65 Å². The molecule has 4 rings (SSSR count). The Bertz CT molecular complexity index is 798. The van der Waals surface area contributed by atoms with Crippen LogP contribution in [-0.2, 0) is 6.18 Å². The molecule has 0 bridgehead atoms. The predicted molar refractivity (Wildman–Crippen MR) is 69.9 cm³/mol. The maximum absolute atomic E-state index is 13.3. The van der Waals surface area contributed by atoms with Crippen molar-refractivity contribution in [2.75, 3.05) is 0 Å². The van der Waals surface area contributed by atoms with Gasteiger partial charge in [-0.3, -0.25) is 0 Å². The minimum absolute atomic E-state index is 0.0309. The number of furan rings is 1. The molecule has 0 amide bonds. The van der Waals surface area contributed by atoms with Gasteiger partial charge in [0.05, 0.1) is 18.1 Å². The Balaban J connectivity index is 2.01. The van der Waals surface area contributed by atoms with Crippen molar-refractivity contribution in [1.82, 2.24) is 9.38 Å². The number of alkyl halides is 3. The van der Waals surface area contributed by atoms with Crippen LogP contribution in [0.15, 0.2) is 41.5 Å². The highest BCUT2D eigenvalue weighted by atomic mass is 19.4. The van der Waals surface area contributed by atoms with Crippen LogP contribution in [0.5, 0.6) is 0 Å². The van der Waals surface area contributed by atoms with Gasteiger partial charge in [-0.2, -0.15) is 13.2 Å². The lowest BCUT2D eigenvalue weighted by Gasteiger charge is -2.11. The molecule has 108 valence electrons. The molecule has 1 aliphatic carbocycles. The number of hydrogen-bond donors (Lipinski definition) is 0. The Morgan fingerprint density at radius 3 is 2.67 bits per heavy atom. The van der Waals surface area contributed by atoms with Crippen molar-refractivity contribution in [3.8, 4) is 11.1 Å². The van der Waals surface area contributed by atoms with Gasteiger partial charge in [-0.05, 0) is 25.0 Å².